The molecule has 0 aromatic rings. The summed E-state index contributed by atoms with van der Waals surface area (Å²) in [6.07, 6.45) is 0.0203. The highest BCUT2D eigenvalue weighted by Crippen LogP contribution is 1.87. The summed E-state index contributed by atoms with van der Waals surface area (Å²) >= 11 is 0. The lowest BCUT2D eigenvalue weighted by Crippen LogP contribution is -2.43. The van der Waals surface area contributed by atoms with E-state index < -0.39 is 17.9 Å². The fourth-order valence-electron chi connectivity index (χ4n) is 0.525. The summed E-state index contributed by atoms with van der Waals surface area (Å²) in [7, 11) is 0. The normalized spacial score (nSPS) is 10.3. The predicted octanol–water partition coefficient (Wildman–Crippen LogP) is -1.51. The second-order valence-electron chi connectivity index (χ2n) is 1.91. The van der Waals surface area contributed by atoms with Crippen molar-refractivity contribution in [2.24, 2.45) is 11.5 Å². The van der Waals surface area contributed by atoms with Gasteiger partial charge in [-0.1, -0.05) is 13.8 Å². The van der Waals surface area contributed by atoms with Crippen LogP contribution in [0.2, 0.25) is 0 Å². The zero-order chi connectivity index (χ0) is 10.9. The highest BCUT2D eigenvalue weighted by molar-refractivity contribution is 5.87. The first-order chi connectivity index (χ1) is 6.07. The van der Waals surface area contributed by atoms with Crippen molar-refractivity contribution in [2.75, 3.05) is 0 Å². The predicted molar refractivity (Wildman–Crippen MR) is 47.3 cm³/mol. The highest BCUT2D eigenvalue weighted by atomic mass is 16.2. The van der Waals surface area contributed by atoms with Crippen LogP contribution in [-0.2, 0) is 14.4 Å². The Labute approximate surface area is 76.6 Å². The molecule has 0 saturated heterocycles. The van der Waals surface area contributed by atoms with Gasteiger partial charge in [0.15, 0.2) is 0 Å². The number of nitrogens with one attached hydrogen (secondary N) is 1. The molecule has 3 amide bonds. The van der Waals surface area contributed by atoms with Gasteiger partial charge in [0.25, 0.3) is 0 Å². The highest BCUT2D eigenvalue weighted by Gasteiger charge is 2.15. The number of carbonyl (C=O) groups excluding carboxylic acids is 3. The molecule has 13 heavy (non-hydrogen) atoms. The Hall–Kier alpha value is -1.59. The van der Waals surface area contributed by atoms with Gasteiger partial charge in [-0.15, -0.1) is 0 Å². The van der Waals surface area contributed by atoms with Crippen molar-refractivity contribution in [3.05, 3.63) is 0 Å². The van der Waals surface area contributed by atoms with E-state index in [4.69, 9.17) is 11.5 Å². The molecule has 76 valence electrons. The van der Waals surface area contributed by atoms with Crippen LogP contribution in [0.15, 0.2) is 0 Å². The van der Waals surface area contributed by atoms with Crippen LogP contribution in [0.5, 0.6) is 0 Å². The molecular weight excluding hydrogens is 174 g/mol. The van der Waals surface area contributed by atoms with Gasteiger partial charge in [0.05, 0.1) is 6.42 Å². The Kier molecular flexibility index (Phi) is 9.14. The average Bonchev–Trinajstić information content (AvgIpc) is 2.06. The van der Waals surface area contributed by atoms with Gasteiger partial charge in [-0.05, 0) is 0 Å². The molecule has 0 rings (SSSR count). The lowest BCUT2D eigenvalue weighted by atomic mass is 10.2. The lowest BCUT2D eigenvalue weighted by Gasteiger charge is -2.08. The van der Waals surface area contributed by atoms with E-state index in [0.29, 0.717) is 6.41 Å². The Morgan fingerprint density at radius 3 is 2.08 bits per heavy atom. The maximum absolute atomic E-state index is 10.4. The first kappa shape index (κ1) is 14.0. The largest absolute Gasteiger partial charge is 0.370 e. The summed E-state index contributed by atoms with van der Waals surface area (Å²) in [5.41, 5.74) is 9.56. The molecule has 1 atom stereocenters. The van der Waals surface area contributed by atoms with E-state index in [-0.39, 0.29) is 6.42 Å². The third-order valence-corrected chi connectivity index (χ3v) is 1.02. The number of primary amides is 2. The van der Waals surface area contributed by atoms with Crippen molar-refractivity contribution in [3.8, 4) is 0 Å². The molecule has 0 fully saturated rings. The molecule has 0 radical (unpaired) electrons. The third kappa shape index (κ3) is 8.32. The number of nitrogens with two attached hydrogens (primary N) is 2. The molecule has 1 unspecified atom stereocenters. The van der Waals surface area contributed by atoms with Gasteiger partial charge >= 0.3 is 0 Å². The molecule has 0 saturated carbocycles. The van der Waals surface area contributed by atoms with Crippen LogP contribution >= 0.6 is 0 Å². The molecule has 0 bridgehead atoms. The molecule has 0 aliphatic carbocycles. The Bertz CT molecular complexity index is 182. The Morgan fingerprint density at radius 1 is 1.38 bits per heavy atom. The topological polar surface area (TPSA) is 115 Å². The van der Waals surface area contributed by atoms with E-state index in [9.17, 15) is 14.4 Å². The van der Waals surface area contributed by atoms with E-state index >= 15 is 0 Å². The van der Waals surface area contributed by atoms with Crippen molar-refractivity contribution < 1.29 is 14.4 Å². The molecule has 0 aliphatic rings. The minimum absolute atomic E-state index is 0.270. The second kappa shape index (κ2) is 8.51. The number of hydrogen-bond acceptors (Lipinski definition) is 3. The molecule has 0 aromatic heterocycles. The second-order valence-corrected chi connectivity index (χ2v) is 1.91. The van der Waals surface area contributed by atoms with Crippen LogP contribution in [0.1, 0.15) is 20.3 Å². The monoisotopic (exact) mass is 189 g/mol. The fraction of sp³-hybridized carbons (Fsp3) is 0.571. The maximum atomic E-state index is 10.4. The number of rotatable bonds is 5. The van der Waals surface area contributed by atoms with Crippen LogP contribution in [0.25, 0.3) is 0 Å². The zero-order valence-corrected chi connectivity index (χ0v) is 7.74. The van der Waals surface area contributed by atoms with Gasteiger partial charge in [-0.3, -0.25) is 14.4 Å². The third-order valence-electron chi connectivity index (χ3n) is 1.02. The van der Waals surface area contributed by atoms with Crippen molar-refractivity contribution in [2.45, 2.75) is 26.3 Å². The lowest BCUT2D eigenvalue weighted by molar-refractivity contribution is -0.126. The molecule has 0 aliphatic heterocycles. The number of hydrogen-bond donors (Lipinski definition) is 3. The molecule has 6 heteroatoms. The minimum Gasteiger partial charge on any atom is -0.370 e. The van der Waals surface area contributed by atoms with Gasteiger partial charge < -0.3 is 16.8 Å². The Balaban J connectivity index is 0. The summed E-state index contributed by atoms with van der Waals surface area (Å²) in [6, 6.07) is -0.995. The first-order valence-electron chi connectivity index (χ1n) is 3.85. The zero-order valence-electron chi connectivity index (χ0n) is 7.74. The van der Waals surface area contributed by atoms with E-state index in [2.05, 4.69) is 5.32 Å². The van der Waals surface area contributed by atoms with Crippen molar-refractivity contribution >= 4 is 18.2 Å². The van der Waals surface area contributed by atoms with Crippen LogP contribution in [-0.4, -0.2) is 24.3 Å². The summed E-state index contributed by atoms with van der Waals surface area (Å²) in [5.74, 6) is -1.47. The van der Waals surface area contributed by atoms with E-state index in [1.54, 1.807) is 0 Å². The quantitative estimate of drug-likeness (QED) is 0.456. The molecule has 6 nitrogen and oxygen atoms in total. The molecule has 0 spiro atoms. The molecule has 5 N–H and O–H groups in total. The van der Waals surface area contributed by atoms with E-state index in [1.165, 1.54) is 0 Å². The van der Waals surface area contributed by atoms with Gasteiger partial charge in [0, 0.05) is 0 Å². The smallest absolute Gasteiger partial charge is 0.240 e. The molecule has 0 aromatic carbocycles. The minimum atomic E-state index is -0.995. The molecule has 0 heterocycles. The maximum Gasteiger partial charge on any atom is 0.240 e. The van der Waals surface area contributed by atoms with Crippen LogP contribution in [0.3, 0.4) is 0 Å². The number of amides is 3. The van der Waals surface area contributed by atoms with Crippen LogP contribution in [0.4, 0.5) is 0 Å². The standard InChI is InChI=1S/C5H9N3O3.C2H6/c6-4(10)1-3(5(7)11)8-2-9;1-2/h2-3H,1H2,(H2,6,10)(H2,7,11)(H,8,9);1-2H3. The van der Waals surface area contributed by atoms with Gasteiger partial charge in [-0.2, -0.15) is 0 Å². The van der Waals surface area contributed by atoms with E-state index in [0.717, 1.165) is 0 Å². The summed E-state index contributed by atoms with van der Waals surface area (Å²) in [4.78, 5) is 30.5. The first-order valence-corrected chi connectivity index (χ1v) is 3.85. The summed E-state index contributed by atoms with van der Waals surface area (Å²) in [5, 5.41) is 2.06. The Morgan fingerprint density at radius 2 is 1.85 bits per heavy atom. The van der Waals surface area contributed by atoms with Gasteiger partial charge in [-0.25, -0.2) is 0 Å². The van der Waals surface area contributed by atoms with Crippen molar-refractivity contribution in [3.63, 3.8) is 0 Å². The SMILES string of the molecule is CC.NC(=O)CC(NC=O)C(N)=O. The fourth-order valence-corrected chi connectivity index (χ4v) is 0.525. The molecular formula is C7H15N3O3. The van der Waals surface area contributed by atoms with Crippen LogP contribution < -0.4 is 16.8 Å². The van der Waals surface area contributed by atoms with Gasteiger partial charge in [0.1, 0.15) is 6.04 Å². The van der Waals surface area contributed by atoms with Crippen molar-refractivity contribution in [1.29, 1.82) is 0 Å². The number of carbonyl (C=O) groups is 3. The van der Waals surface area contributed by atoms with Crippen molar-refractivity contribution in [1.82, 2.24) is 5.32 Å². The summed E-state index contributed by atoms with van der Waals surface area (Å²) in [6.45, 7) is 4.00. The van der Waals surface area contributed by atoms with E-state index in [1.807, 2.05) is 13.8 Å². The summed E-state index contributed by atoms with van der Waals surface area (Å²) < 4.78 is 0. The average molecular weight is 189 g/mol. The van der Waals surface area contributed by atoms with Crippen LogP contribution in [0, 0.1) is 0 Å². The van der Waals surface area contributed by atoms with Gasteiger partial charge in [0.2, 0.25) is 18.2 Å².